The van der Waals surface area contributed by atoms with E-state index in [1.54, 1.807) is 0 Å². The lowest BCUT2D eigenvalue weighted by molar-refractivity contribution is -0.385. The summed E-state index contributed by atoms with van der Waals surface area (Å²) in [4.78, 5) is 34.3. The van der Waals surface area contributed by atoms with E-state index in [0.29, 0.717) is 0 Å². The molecule has 142 valence electrons. The molecule has 0 spiro atoms. The lowest BCUT2D eigenvalue weighted by Gasteiger charge is -2.08. The van der Waals surface area contributed by atoms with Gasteiger partial charge in [-0.1, -0.05) is 17.7 Å². The first-order valence-electron chi connectivity index (χ1n) is 7.90. The van der Waals surface area contributed by atoms with Crippen LogP contribution >= 0.6 is 11.6 Å². The zero-order valence-electron chi connectivity index (χ0n) is 14.2. The van der Waals surface area contributed by atoms with E-state index in [2.05, 4.69) is 0 Å². The number of para-hydroxylation sites is 1. The summed E-state index contributed by atoms with van der Waals surface area (Å²) < 4.78 is 15.3. The van der Waals surface area contributed by atoms with Crippen LogP contribution in [0.4, 0.5) is 5.69 Å². The van der Waals surface area contributed by atoms with Crippen LogP contribution in [0.1, 0.15) is 20.9 Å². The quantitative estimate of drug-likeness (QED) is 0.245. The van der Waals surface area contributed by atoms with Gasteiger partial charge in [0.05, 0.1) is 16.2 Å². The number of carbonyl (C=O) groups is 2. The Labute approximate surface area is 163 Å². The molecule has 0 radical (unpaired) electrons. The molecule has 28 heavy (non-hydrogen) atoms. The molecule has 1 aromatic heterocycles. The first-order chi connectivity index (χ1) is 13.5. The molecule has 8 nitrogen and oxygen atoms in total. The second-order valence-corrected chi connectivity index (χ2v) is 5.86. The summed E-state index contributed by atoms with van der Waals surface area (Å²) in [6.45, 7) is -0.463. The standard InChI is InChI=1S/C19H12ClNO7/c20-14-3-1-4-15(21(24)25)18(14)28-13-8-6-12(7-9-13)16(22)11-27-19(23)17-5-2-10-26-17/h1-10H,11H2. The summed E-state index contributed by atoms with van der Waals surface area (Å²) in [5.74, 6) is -1.03. The smallest absolute Gasteiger partial charge is 0.374 e. The number of esters is 1. The van der Waals surface area contributed by atoms with Gasteiger partial charge in [0.1, 0.15) is 5.75 Å². The predicted molar refractivity (Wildman–Crippen MR) is 97.9 cm³/mol. The average molecular weight is 402 g/mol. The maximum Gasteiger partial charge on any atom is 0.374 e. The molecule has 0 saturated heterocycles. The lowest BCUT2D eigenvalue weighted by Crippen LogP contribution is -2.13. The number of hydrogen-bond donors (Lipinski definition) is 0. The normalized spacial score (nSPS) is 10.3. The minimum absolute atomic E-state index is 0.00196. The number of Topliss-reactive ketones (excluding diaryl/α,β-unsaturated/α-hetero) is 1. The fourth-order valence-corrected chi connectivity index (χ4v) is 2.46. The second kappa shape index (κ2) is 8.36. The number of nitro groups is 1. The third-order valence-electron chi connectivity index (χ3n) is 3.60. The Kier molecular flexibility index (Phi) is 5.71. The maximum absolute atomic E-state index is 12.1. The van der Waals surface area contributed by atoms with Crippen molar-refractivity contribution in [2.45, 2.75) is 0 Å². The second-order valence-electron chi connectivity index (χ2n) is 5.45. The average Bonchev–Trinajstić information content (AvgIpc) is 3.22. The molecule has 3 rings (SSSR count). The van der Waals surface area contributed by atoms with Gasteiger partial charge in [0.2, 0.25) is 11.5 Å². The molecule has 0 fully saturated rings. The molecule has 0 aliphatic heterocycles. The number of benzene rings is 2. The van der Waals surface area contributed by atoms with Crippen molar-refractivity contribution in [2.75, 3.05) is 6.61 Å². The van der Waals surface area contributed by atoms with Crippen LogP contribution in [-0.4, -0.2) is 23.3 Å². The van der Waals surface area contributed by atoms with Crippen molar-refractivity contribution in [3.63, 3.8) is 0 Å². The van der Waals surface area contributed by atoms with E-state index in [1.165, 1.54) is 60.9 Å². The number of nitro benzene ring substituents is 1. The van der Waals surface area contributed by atoms with Crippen LogP contribution in [0, 0.1) is 10.1 Å². The van der Waals surface area contributed by atoms with Crippen LogP contribution in [-0.2, 0) is 4.74 Å². The van der Waals surface area contributed by atoms with Crippen molar-refractivity contribution in [3.8, 4) is 11.5 Å². The number of ether oxygens (including phenoxy) is 2. The van der Waals surface area contributed by atoms with Crippen LogP contribution in [0.5, 0.6) is 11.5 Å². The van der Waals surface area contributed by atoms with Crippen LogP contribution in [0.3, 0.4) is 0 Å². The van der Waals surface area contributed by atoms with E-state index < -0.39 is 23.3 Å². The SMILES string of the molecule is O=C(COC(=O)c1ccco1)c1ccc(Oc2c(Cl)cccc2[N+](=O)[O-])cc1. The number of carbonyl (C=O) groups excluding carboxylic acids is 2. The Morgan fingerprint density at radius 2 is 1.82 bits per heavy atom. The third kappa shape index (κ3) is 4.36. The Bertz CT molecular complexity index is 1010. The van der Waals surface area contributed by atoms with Gasteiger partial charge in [-0.05, 0) is 42.5 Å². The molecule has 3 aromatic rings. The largest absolute Gasteiger partial charge is 0.457 e. The summed E-state index contributed by atoms with van der Waals surface area (Å²) in [5.41, 5.74) is -0.00857. The molecule has 0 aliphatic rings. The molecule has 0 amide bonds. The highest BCUT2D eigenvalue weighted by Crippen LogP contribution is 2.37. The summed E-state index contributed by atoms with van der Waals surface area (Å²) in [6, 6.07) is 12.9. The highest BCUT2D eigenvalue weighted by molar-refractivity contribution is 6.32. The van der Waals surface area contributed by atoms with Gasteiger partial charge in [0.15, 0.2) is 12.4 Å². The van der Waals surface area contributed by atoms with Crippen LogP contribution in [0.25, 0.3) is 0 Å². The van der Waals surface area contributed by atoms with E-state index >= 15 is 0 Å². The molecule has 0 N–H and O–H groups in total. The Hall–Kier alpha value is -3.65. The molecular weight excluding hydrogens is 390 g/mol. The number of halogens is 1. The number of hydrogen-bond acceptors (Lipinski definition) is 7. The highest BCUT2D eigenvalue weighted by Gasteiger charge is 2.19. The minimum atomic E-state index is -0.746. The molecule has 0 aliphatic carbocycles. The summed E-state index contributed by atoms with van der Waals surface area (Å²) in [5, 5.41) is 11.2. The molecule has 0 atom stereocenters. The molecule has 9 heteroatoms. The van der Waals surface area contributed by atoms with Gasteiger partial charge in [-0.2, -0.15) is 0 Å². The first-order valence-corrected chi connectivity index (χ1v) is 8.28. The molecular formula is C19H12ClNO7. The minimum Gasteiger partial charge on any atom is -0.457 e. The van der Waals surface area contributed by atoms with E-state index in [-0.39, 0.29) is 33.5 Å². The maximum atomic E-state index is 12.1. The Morgan fingerprint density at radius 1 is 1.07 bits per heavy atom. The van der Waals surface area contributed by atoms with Crippen LogP contribution in [0.2, 0.25) is 5.02 Å². The predicted octanol–water partition coefficient (Wildman–Crippen LogP) is 4.67. The molecule has 2 aromatic carbocycles. The van der Waals surface area contributed by atoms with Crippen molar-refractivity contribution in [1.29, 1.82) is 0 Å². The van der Waals surface area contributed by atoms with Gasteiger partial charge in [0, 0.05) is 11.6 Å². The Balaban J connectivity index is 1.66. The number of furan rings is 1. The van der Waals surface area contributed by atoms with E-state index in [0.717, 1.165) is 0 Å². The van der Waals surface area contributed by atoms with Gasteiger partial charge in [0.25, 0.3) is 0 Å². The van der Waals surface area contributed by atoms with Crippen molar-refractivity contribution < 1.29 is 28.4 Å². The molecule has 1 heterocycles. The summed E-state index contributed by atoms with van der Waals surface area (Å²) in [7, 11) is 0. The Morgan fingerprint density at radius 3 is 2.46 bits per heavy atom. The van der Waals surface area contributed by atoms with Gasteiger partial charge < -0.3 is 13.9 Å². The van der Waals surface area contributed by atoms with Gasteiger partial charge in [-0.25, -0.2) is 4.79 Å². The number of nitrogens with zero attached hydrogens (tertiary/aromatic N) is 1. The summed E-state index contributed by atoms with van der Waals surface area (Å²) >= 11 is 5.98. The zero-order valence-corrected chi connectivity index (χ0v) is 14.9. The zero-order chi connectivity index (χ0) is 20.1. The van der Waals surface area contributed by atoms with Crippen molar-refractivity contribution >= 4 is 29.0 Å². The lowest BCUT2D eigenvalue weighted by atomic mass is 10.1. The fraction of sp³-hybridized carbons (Fsp3) is 0.0526. The summed E-state index contributed by atoms with van der Waals surface area (Å²) in [6.07, 6.45) is 1.32. The van der Waals surface area contributed by atoms with E-state index in [1.807, 2.05) is 0 Å². The first kappa shape index (κ1) is 19.1. The van der Waals surface area contributed by atoms with Crippen LogP contribution in [0.15, 0.2) is 65.3 Å². The fourth-order valence-electron chi connectivity index (χ4n) is 2.25. The van der Waals surface area contributed by atoms with E-state index in [4.69, 9.17) is 25.5 Å². The van der Waals surface area contributed by atoms with Gasteiger partial charge in [-0.15, -0.1) is 0 Å². The molecule has 0 saturated carbocycles. The number of ketones is 1. The van der Waals surface area contributed by atoms with Gasteiger partial charge >= 0.3 is 11.7 Å². The van der Waals surface area contributed by atoms with Gasteiger partial charge in [-0.3, -0.25) is 14.9 Å². The highest BCUT2D eigenvalue weighted by atomic mass is 35.5. The topological polar surface area (TPSA) is 109 Å². The number of rotatable bonds is 7. The van der Waals surface area contributed by atoms with Crippen LogP contribution < -0.4 is 4.74 Å². The van der Waals surface area contributed by atoms with Crippen molar-refractivity contribution in [3.05, 3.63) is 87.3 Å². The molecule has 0 bridgehead atoms. The monoisotopic (exact) mass is 401 g/mol. The van der Waals surface area contributed by atoms with E-state index in [9.17, 15) is 19.7 Å². The third-order valence-corrected chi connectivity index (χ3v) is 3.89. The molecule has 0 unspecified atom stereocenters. The van der Waals surface area contributed by atoms with Crippen molar-refractivity contribution in [1.82, 2.24) is 0 Å². The van der Waals surface area contributed by atoms with Crippen molar-refractivity contribution in [2.24, 2.45) is 0 Å².